The first kappa shape index (κ1) is 21.9. The van der Waals surface area contributed by atoms with Crippen LogP contribution in [-0.4, -0.2) is 51.4 Å². The molecule has 1 aromatic carbocycles. The van der Waals surface area contributed by atoms with Gasteiger partial charge in [0.25, 0.3) is 5.91 Å². The molecule has 1 saturated heterocycles. The molecule has 142 valence electrons. The number of carbonyl (C=O) groups excluding carboxylic acids is 1. The lowest BCUT2D eigenvalue weighted by molar-refractivity contribution is 0.0773. The highest BCUT2D eigenvalue weighted by atomic mass is 35.5. The highest BCUT2D eigenvalue weighted by molar-refractivity contribution is 7.89. The summed E-state index contributed by atoms with van der Waals surface area (Å²) < 4.78 is 27.9. The third-order valence-corrected chi connectivity index (χ3v) is 6.06. The molecule has 8 heteroatoms. The third-order valence-electron chi connectivity index (χ3n) is 4.55. The number of hydrogen-bond donors (Lipinski definition) is 2. The molecule has 0 spiro atoms. The van der Waals surface area contributed by atoms with Gasteiger partial charge >= 0.3 is 0 Å². The van der Waals surface area contributed by atoms with E-state index in [1.165, 1.54) is 12.1 Å². The minimum Gasteiger partial charge on any atom is -0.339 e. The number of rotatable bonds is 6. The monoisotopic (exact) mass is 389 g/mol. The van der Waals surface area contributed by atoms with Crippen molar-refractivity contribution in [2.45, 2.75) is 38.1 Å². The molecular formula is C17H28ClN3O3S. The predicted molar refractivity (Wildman–Crippen MR) is 102 cm³/mol. The van der Waals surface area contributed by atoms with E-state index in [-0.39, 0.29) is 35.2 Å². The SMILES string of the molecule is CCN(CC)C(=O)c1ccc(S(=O)(=O)NC2CCNCC2C)cc1.Cl. The van der Waals surface area contributed by atoms with Gasteiger partial charge in [-0.25, -0.2) is 13.1 Å². The molecule has 0 bridgehead atoms. The molecule has 1 aromatic rings. The van der Waals surface area contributed by atoms with Gasteiger partial charge in [-0.15, -0.1) is 12.4 Å². The van der Waals surface area contributed by atoms with Crippen LogP contribution in [0.15, 0.2) is 29.2 Å². The molecule has 1 fully saturated rings. The fraction of sp³-hybridized carbons (Fsp3) is 0.588. The first-order valence-electron chi connectivity index (χ1n) is 8.51. The Morgan fingerprint density at radius 1 is 1.24 bits per heavy atom. The molecule has 0 aliphatic carbocycles. The summed E-state index contributed by atoms with van der Waals surface area (Å²) >= 11 is 0. The van der Waals surface area contributed by atoms with Crippen molar-refractivity contribution in [2.24, 2.45) is 5.92 Å². The minimum absolute atomic E-state index is 0. The highest BCUT2D eigenvalue weighted by Gasteiger charge is 2.26. The number of hydrogen-bond acceptors (Lipinski definition) is 4. The zero-order valence-electron chi connectivity index (χ0n) is 15.0. The Bertz CT molecular complexity index is 660. The smallest absolute Gasteiger partial charge is 0.253 e. The maximum Gasteiger partial charge on any atom is 0.253 e. The van der Waals surface area contributed by atoms with Crippen molar-refractivity contribution >= 4 is 28.3 Å². The van der Waals surface area contributed by atoms with E-state index in [1.807, 2.05) is 20.8 Å². The van der Waals surface area contributed by atoms with Gasteiger partial charge < -0.3 is 10.2 Å². The number of nitrogens with one attached hydrogen (secondary N) is 2. The molecule has 2 atom stereocenters. The van der Waals surface area contributed by atoms with Crippen molar-refractivity contribution in [1.82, 2.24) is 14.9 Å². The Balaban J connectivity index is 0.00000312. The molecule has 2 N–H and O–H groups in total. The fourth-order valence-corrected chi connectivity index (χ4v) is 4.31. The second-order valence-corrected chi connectivity index (χ2v) is 7.91. The quantitative estimate of drug-likeness (QED) is 0.778. The van der Waals surface area contributed by atoms with Gasteiger partial charge in [0.15, 0.2) is 0 Å². The van der Waals surface area contributed by atoms with Crippen LogP contribution in [0.3, 0.4) is 0 Å². The van der Waals surface area contributed by atoms with E-state index in [0.29, 0.717) is 18.7 Å². The number of amides is 1. The Labute approximate surface area is 156 Å². The Morgan fingerprint density at radius 3 is 2.36 bits per heavy atom. The number of halogens is 1. The van der Waals surface area contributed by atoms with Crippen molar-refractivity contribution in [1.29, 1.82) is 0 Å². The van der Waals surface area contributed by atoms with E-state index in [1.54, 1.807) is 17.0 Å². The van der Waals surface area contributed by atoms with Gasteiger partial charge in [0.05, 0.1) is 4.90 Å². The zero-order valence-corrected chi connectivity index (χ0v) is 16.6. The zero-order chi connectivity index (χ0) is 17.7. The first-order chi connectivity index (χ1) is 11.4. The molecular weight excluding hydrogens is 362 g/mol. The summed E-state index contributed by atoms with van der Waals surface area (Å²) in [6.45, 7) is 8.76. The lowest BCUT2D eigenvalue weighted by Gasteiger charge is -2.30. The molecule has 0 radical (unpaired) electrons. The minimum atomic E-state index is -3.57. The molecule has 2 unspecified atom stereocenters. The summed E-state index contributed by atoms with van der Waals surface area (Å²) in [5.41, 5.74) is 0.507. The van der Waals surface area contributed by atoms with E-state index in [4.69, 9.17) is 0 Å². The van der Waals surface area contributed by atoms with E-state index in [2.05, 4.69) is 10.0 Å². The lowest BCUT2D eigenvalue weighted by atomic mass is 9.97. The molecule has 1 amide bonds. The van der Waals surface area contributed by atoms with Crippen molar-refractivity contribution in [3.05, 3.63) is 29.8 Å². The van der Waals surface area contributed by atoms with Crippen molar-refractivity contribution in [2.75, 3.05) is 26.2 Å². The van der Waals surface area contributed by atoms with Crippen molar-refractivity contribution in [3.63, 3.8) is 0 Å². The van der Waals surface area contributed by atoms with E-state index in [0.717, 1.165) is 19.5 Å². The second-order valence-electron chi connectivity index (χ2n) is 6.20. The van der Waals surface area contributed by atoms with Crippen LogP contribution in [0.4, 0.5) is 0 Å². The third kappa shape index (κ3) is 5.41. The predicted octanol–water partition coefficient (Wildman–Crippen LogP) is 1.87. The summed E-state index contributed by atoms with van der Waals surface area (Å²) in [7, 11) is -3.57. The largest absolute Gasteiger partial charge is 0.339 e. The van der Waals surface area contributed by atoms with Crippen LogP contribution >= 0.6 is 12.4 Å². The van der Waals surface area contributed by atoms with Gasteiger partial charge in [0, 0.05) is 24.7 Å². The van der Waals surface area contributed by atoms with Gasteiger partial charge in [0.2, 0.25) is 10.0 Å². The average Bonchev–Trinajstić information content (AvgIpc) is 2.58. The molecule has 1 aliphatic rings. The molecule has 2 rings (SSSR count). The highest BCUT2D eigenvalue weighted by Crippen LogP contribution is 2.17. The Hall–Kier alpha value is -1.15. The van der Waals surface area contributed by atoms with Crippen LogP contribution in [0.1, 0.15) is 37.6 Å². The molecule has 1 heterocycles. The van der Waals surface area contributed by atoms with Crippen LogP contribution in [0.2, 0.25) is 0 Å². The molecule has 0 aromatic heterocycles. The average molecular weight is 390 g/mol. The summed E-state index contributed by atoms with van der Waals surface area (Å²) in [4.78, 5) is 14.2. The van der Waals surface area contributed by atoms with E-state index < -0.39 is 10.0 Å². The number of carbonyl (C=O) groups is 1. The van der Waals surface area contributed by atoms with Crippen molar-refractivity contribution < 1.29 is 13.2 Å². The molecule has 25 heavy (non-hydrogen) atoms. The van der Waals surface area contributed by atoms with Gasteiger partial charge in [-0.1, -0.05) is 6.92 Å². The number of benzene rings is 1. The number of sulfonamides is 1. The number of nitrogens with zero attached hydrogens (tertiary/aromatic N) is 1. The first-order valence-corrected chi connectivity index (χ1v) is 9.99. The molecule has 0 saturated carbocycles. The lowest BCUT2D eigenvalue weighted by Crippen LogP contribution is -2.48. The molecule has 6 nitrogen and oxygen atoms in total. The van der Waals surface area contributed by atoms with Crippen LogP contribution in [0.25, 0.3) is 0 Å². The Morgan fingerprint density at radius 2 is 1.84 bits per heavy atom. The van der Waals surface area contributed by atoms with Gasteiger partial charge in [-0.2, -0.15) is 0 Å². The van der Waals surface area contributed by atoms with Gasteiger partial charge in [-0.05, 0) is 63.5 Å². The number of piperidine rings is 1. The maximum absolute atomic E-state index is 12.5. The van der Waals surface area contributed by atoms with Crippen LogP contribution in [-0.2, 0) is 10.0 Å². The van der Waals surface area contributed by atoms with Crippen LogP contribution in [0.5, 0.6) is 0 Å². The van der Waals surface area contributed by atoms with Crippen LogP contribution < -0.4 is 10.0 Å². The summed E-state index contributed by atoms with van der Waals surface area (Å²) in [6, 6.07) is 6.12. The Kier molecular flexibility index (Phi) is 8.34. The summed E-state index contributed by atoms with van der Waals surface area (Å²) in [5.74, 6) is 0.168. The van der Waals surface area contributed by atoms with Gasteiger partial charge in [-0.3, -0.25) is 4.79 Å². The van der Waals surface area contributed by atoms with Crippen LogP contribution in [0, 0.1) is 5.92 Å². The normalized spacial score (nSPS) is 20.6. The van der Waals surface area contributed by atoms with E-state index >= 15 is 0 Å². The molecule has 1 aliphatic heterocycles. The fourth-order valence-electron chi connectivity index (χ4n) is 2.93. The summed E-state index contributed by atoms with van der Waals surface area (Å²) in [6.07, 6.45) is 0.777. The van der Waals surface area contributed by atoms with Gasteiger partial charge in [0.1, 0.15) is 0 Å². The topological polar surface area (TPSA) is 78.5 Å². The van der Waals surface area contributed by atoms with Crippen molar-refractivity contribution in [3.8, 4) is 0 Å². The maximum atomic E-state index is 12.5. The second kappa shape index (κ2) is 9.52. The standard InChI is InChI=1S/C17H27N3O3S.ClH/c1-4-20(5-2)17(21)14-6-8-15(9-7-14)24(22,23)19-16-10-11-18-12-13(16)3;/h6-9,13,16,18-19H,4-5,10-12H2,1-3H3;1H. The summed E-state index contributed by atoms with van der Waals surface area (Å²) in [5, 5.41) is 3.25. The van der Waals surface area contributed by atoms with E-state index in [9.17, 15) is 13.2 Å².